The summed E-state index contributed by atoms with van der Waals surface area (Å²) in [4.78, 5) is 24.3. The van der Waals surface area contributed by atoms with Gasteiger partial charge in [-0.25, -0.2) is 9.18 Å². The molecule has 2 aromatic rings. The summed E-state index contributed by atoms with van der Waals surface area (Å²) in [6.07, 6.45) is 2.61. The van der Waals surface area contributed by atoms with Crippen molar-refractivity contribution >= 4 is 17.8 Å². The van der Waals surface area contributed by atoms with Crippen LogP contribution in [0.2, 0.25) is 0 Å². The Labute approximate surface area is 158 Å². The number of aryl methyl sites for hydroxylation is 1. The summed E-state index contributed by atoms with van der Waals surface area (Å²) >= 11 is 0. The minimum absolute atomic E-state index is 0.0910. The largest absolute Gasteiger partial charge is 0.454 e. The second kappa shape index (κ2) is 9.28. The molecule has 144 valence electrons. The van der Waals surface area contributed by atoms with Crippen LogP contribution in [0.4, 0.5) is 4.39 Å². The quantitative estimate of drug-likeness (QED) is 0.400. The Morgan fingerprint density at radius 2 is 2.00 bits per heavy atom. The third-order valence-corrected chi connectivity index (χ3v) is 4.24. The number of hydrogen-bond donors (Lipinski definition) is 0. The number of halogens is 1. The molecule has 0 fully saturated rings. The Morgan fingerprint density at radius 3 is 2.67 bits per heavy atom. The van der Waals surface area contributed by atoms with E-state index in [1.165, 1.54) is 24.3 Å². The van der Waals surface area contributed by atoms with Gasteiger partial charge in [0, 0.05) is 30.1 Å². The first-order valence-electron chi connectivity index (χ1n) is 8.64. The van der Waals surface area contributed by atoms with Crippen LogP contribution in [0.15, 0.2) is 36.4 Å². The van der Waals surface area contributed by atoms with E-state index in [0.29, 0.717) is 17.7 Å². The molecule has 0 radical (unpaired) electrons. The first kappa shape index (κ1) is 20.6. The lowest BCUT2D eigenvalue weighted by Gasteiger charge is -2.17. The number of nitrogens with zero attached hydrogens (tertiary/aromatic N) is 1. The van der Waals surface area contributed by atoms with Gasteiger partial charge >= 0.3 is 5.97 Å². The van der Waals surface area contributed by atoms with Crippen molar-refractivity contribution in [2.45, 2.75) is 26.8 Å². The molecule has 2 rings (SSSR count). The standard InChI is InChI=1S/C21H24FNO4/c1-14-10-19(16(3)23(14)15(2)12-26-4)20(24)13-27-21(25)9-8-17-6-5-7-18(22)11-17/h5-11,15H,12-13H2,1-4H3/b9-8+/t15-/m1/s1. The highest BCUT2D eigenvalue weighted by Crippen LogP contribution is 2.21. The summed E-state index contributed by atoms with van der Waals surface area (Å²) in [6.45, 7) is 5.97. The molecule has 0 aliphatic carbocycles. The number of hydrogen-bond acceptors (Lipinski definition) is 4. The van der Waals surface area contributed by atoms with E-state index in [1.54, 1.807) is 25.3 Å². The highest BCUT2D eigenvalue weighted by atomic mass is 19.1. The first-order chi connectivity index (χ1) is 12.8. The third kappa shape index (κ3) is 5.37. The molecule has 0 bridgehead atoms. The van der Waals surface area contributed by atoms with Gasteiger partial charge in [0.05, 0.1) is 12.6 Å². The smallest absolute Gasteiger partial charge is 0.331 e. The van der Waals surface area contributed by atoms with Crippen LogP contribution in [0.1, 0.15) is 40.3 Å². The number of benzene rings is 1. The highest BCUT2D eigenvalue weighted by Gasteiger charge is 2.19. The second-order valence-electron chi connectivity index (χ2n) is 6.38. The van der Waals surface area contributed by atoms with Crippen molar-refractivity contribution in [3.63, 3.8) is 0 Å². The Hall–Kier alpha value is -2.73. The molecule has 0 spiro atoms. The Bertz CT molecular complexity index is 854. The van der Waals surface area contributed by atoms with Crippen molar-refractivity contribution in [3.05, 3.63) is 64.7 Å². The molecule has 0 aliphatic rings. The number of Topliss-reactive ketones (excluding diaryl/α,β-unsaturated/α-hetero) is 1. The zero-order chi connectivity index (χ0) is 20.0. The lowest BCUT2D eigenvalue weighted by atomic mass is 10.1. The molecule has 0 N–H and O–H groups in total. The van der Waals surface area contributed by atoms with Gasteiger partial charge < -0.3 is 14.0 Å². The topological polar surface area (TPSA) is 57.5 Å². The van der Waals surface area contributed by atoms with E-state index >= 15 is 0 Å². The molecule has 1 atom stereocenters. The van der Waals surface area contributed by atoms with Crippen LogP contribution in [0, 0.1) is 19.7 Å². The second-order valence-corrected chi connectivity index (χ2v) is 6.38. The van der Waals surface area contributed by atoms with Gasteiger partial charge in [0.1, 0.15) is 5.82 Å². The van der Waals surface area contributed by atoms with Crippen molar-refractivity contribution in [3.8, 4) is 0 Å². The minimum Gasteiger partial charge on any atom is -0.454 e. The summed E-state index contributed by atoms with van der Waals surface area (Å²) in [5.74, 6) is -1.32. The van der Waals surface area contributed by atoms with Gasteiger partial charge in [-0.2, -0.15) is 0 Å². The van der Waals surface area contributed by atoms with E-state index in [2.05, 4.69) is 0 Å². The highest BCUT2D eigenvalue weighted by molar-refractivity contribution is 6.00. The zero-order valence-corrected chi connectivity index (χ0v) is 16.0. The van der Waals surface area contributed by atoms with Crippen molar-refractivity contribution in [1.29, 1.82) is 0 Å². The van der Waals surface area contributed by atoms with Crippen molar-refractivity contribution in [2.24, 2.45) is 0 Å². The molecule has 6 heteroatoms. The third-order valence-electron chi connectivity index (χ3n) is 4.24. The summed E-state index contributed by atoms with van der Waals surface area (Å²) < 4.78 is 25.3. The lowest BCUT2D eigenvalue weighted by molar-refractivity contribution is -0.136. The average molecular weight is 373 g/mol. The molecule has 0 amide bonds. The fourth-order valence-electron chi connectivity index (χ4n) is 3.09. The predicted molar refractivity (Wildman–Crippen MR) is 101 cm³/mol. The number of rotatable bonds is 8. The van der Waals surface area contributed by atoms with Gasteiger partial charge in [0.25, 0.3) is 0 Å². The maximum atomic E-state index is 13.1. The number of carbonyl (C=O) groups excluding carboxylic acids is 2. The summed E-state index contributed by atoms with van der Waals surface area (Å²) in [5.41, 5.74) is 2.82. The monoisotopic (exact) mass is 373 g/mol. The van der Waals surface area contributed by atoms with Gasteiger partial charge in [0.15, 0.2) is 6.61 Å². The van der Waals surface area contributed by atoms with E-state index in [4.69, 9.17) is 9.47 Å². The molecule has 1 aromatic heterocycles. The lowest BCUT2D eigenvalue weighted by Crippen LogP contribution is -2.16. The predicted octanol–water partition coefficient (Wildman–Crippen LogP) is 3.89. The Balaban J connectivity index is 1.99. The number of methoxy groups -OCH3 is 1. The normalized spacial score (nSPS) is 12.3. The average Bonchev–Trinajstić information content (AvgIpc) is 2.92. The molecule has 0 saturated carbocycles. The molecular weight excluding hydrogens is 349 g/mol. The summed E-state index contributed by atoms with van der Waals surface area (Å²) in [5, 5.41) is 0. The fraction of sp³-hybridized carbons (Fsp3) is 0.333. The molecule has 1 heterocycles. The van der Waals surface area contributed by atoms with Gasteiger partial charge in [-0.15, -0.1) is 0 Å². The zero-order valence-electron chi connectivity index (χ0n) is 16.0. The van der Waals surface area contributed by atoms with Crippen LogP contribution in [0.5, 0.6) is 0 Å². The van der Waals surface area contributed by atoms with Crippen molar-refractivity contribution in [2.75, 3.05) is 20.3 Å². The Kier molecular flexibility index (Phi) is 7.07. The van der Waals surface area contributed by atoms with E-state index < -0.39 is 11.8 Å². The SMILES string of the molecule is COC[C@@H](C)n1c(C)cc(C(=O)COC(=O)/C=C/c2cccc(F)c2)c1C. The van der Waals surface area contributed by atoms with Crippen molar-refractivity contribution in [1.82, 2.24) is 4.57 Å². The molecule has 0 saturated heterocycles. The summed E-state index contributed by atoms with van der Waals surface area (Å²) in [7, 11) is 1.63. The molecule has 1 aromatic carbocycles. The van der Waals surface area contributed by atoms with Gasteiger partial charge in [-0.1, -0.05) is 12.1 Å². The molecular formula is C21H24FNO4. The van der Waals surface area contributed by atoms with Crippen LogP contribution in [0.3, 0.4) is 0 Å². The van der Waals surface area contributed by atoms with Gasteiger partial charge in [-0.3, -0.25) is 4.79 Å². The summed E-state index contributed by atoms with van der Waals surface area (Å²) in [6, 6.07) is 7.70. The van der Waals surface area contributed by atoms with Crippen LogP contribution in [-0.4, -0.2) is 36.6 Å². The fourth-order valence-corrected chi connectivity index (χ4v) is 3.09. The van der Waals surface area contributed by atoms with Crippen LogP contribution in [-0.2, 0) is 14.3 Å². The molecule has 27 heavy (non-hydrogen) atoms. The number of esters is 1. The number of ether oxygens (including phenoxy) is 2. The molecule has 0 unspecified atom stereocenters. The Morgan fingerprint density at radius 1 is 1.26 bits per heavy atom. The number of aromatic nitrogens is 1. The minimum atomic E-state index is -0.658. The molecule has 5 nitrogen and oxygen atoms in total. The van der Waals surface area contributed by atoms with E-state index in [9.17, 15) is 14.0 Å². The van der Waals surface area contributed by atoms with Crippen molar-refractivity contribution < 1.29 is 23.5 Å². The molecule has 0 aliphatic heterocycles. The van der Waals surface area contributed by atoms with E-state index in [-0.39, 0.29) is 18.4 Å². The van der Waals surface area contributed by atoms with Crippen LogP contribution >= 0.6 is 0 Å². The van der Waals surface area contributed by atoms with E-state index in [1.807, 2.05) is 25.3 Å². The van der Waals surface area contributed by atoms with Crippen LogP contribution < -0.4 is 0 Å². The maximum Gasteiger partial charge on any atom is 0.331 e. The van der Waals surface area contributed by atoms with Crippen LogP contribution in [0.25, 0.3) is 6.08 Å². The maximum absolute atomic E-state index is 13.1. The number of carbonyl (C=O) groups is 2. The first-order valence-corrected chi connectivity index (χ1v) is 8.64. The van der Waals surface area contributed by atoms with Gasteiger partial charge in [-0.05, 0) is 50.6 Å². The van der Waals surface area contributed by atoms with E-state index in [0.717, 1.165) is 11.4 Å². The number of ketones is 1. The van der Waals surface area contributed by atoms with Gasteiger partial charge in [0.2, 0.25) is 5.78 Å².